The Morgan fingerprint density at radius 3 is 2.17 bits per heavy atom. The maximum absolute atomic E-state index is 12.7. The lowest BCUT2D eigenvalue weighted by Gasteiger charge is -2.23. The monoisotopic (exact) mass is 611 g/mol. The molecule has 244 valence electrons. The van der Waals surface area contributed by atoms with Gasteiger partial charge in [0.15, 0.2) is 0 Å². The number of phosphoric acid groups is 1. The molecule has 1 N–H and O–H groups in total. The van der Waals surface area contributed by atoms with Gasteiger partial charge in [-0.2, -0.15) is 0 Å². The molecule has 0 aromatic heterocycles. The van der Waals surface area contributed by atoms with Crippen LogP contribution in [0.1, 0.15) is 129 Å². The summed E-state index contributed by atoms with van der Waals surface area (Å²) in [4.78, 5) is 24.8. The lowest BCUT2D eigenvalue weighted by atomic mass is 9.94. The third-order valence-corrected chi connectivity index (χ3v) is 8.73. The molecule has 0 spiro atoms. The van der Waals surface area contributed by atoms with Gasteiger partial charge >= 0.3 is 7.82 Å². The number of phosphoric ester groups is 1. The Balaban J connectivity index is 2.49. The second-order valence-electron chi connectivity index (χ2n) is 12.0. The van der Waals surface area contributed by atoms with Crippen molar-refractivity contribution in [2.45, 2.75) is 136 Å². The predicted molar refractivity (Wildman–Crippen MR) is 174 cm³/mol. The molecule has 0 aliphatic heterocycles. The van der Waals surface area contributed by atoms with Crippen LogP contribution in [0.2, 0.25) is 0 Å². The molecule has 0 saturated carbocycles. The number of benzene rings is 1. The number of unbranched alkanes of at least 4 members (excludes halogenated alkanes) is 10. The smallest absolute Gasteiger partial charge is 0.472 e. The molecule has 7 nitrogen and oxygen atoms in total. The van der Waals surface area contributed by atoms with Gasteiger partial charge < -0.3 is 14.5 Å². The standard InChI is InChI=1S/C34H62NO6P/c1-6-9-10-11-12-13-14-15-16-17-18-25-39-34-22-19-21-30(28-34)26-31(27-32(36)7-2)29-40-42(37,38)41-33(8-3)23-20-24-35(4)5/h19,21-22,28,31,33H,6-18,20,23-27,29H2,1-5H3,(H,37,38). The summed E-state index contributed by atoms with van der Waals surface area (Å²) in [6, 6.07) is 7.94. The molecule has 1 aromatic rings. The zero-order valence-corrected chi connectivity index (χ0v) is 28.4. The molecule has 3 unspecified atom stereocenters. The number of carbonyl (C=O) groups is 1. The van der Waals surface area contributed by atoms with Gasteiger partial charge in [0, 0.05) is 12.8 Å². The largest absolute Gasteiger partial charge is 0.494 e. The Bertz CT molecular complexity index is 864. The summed E-state index contributed by atoms with van der Waals surface area (Å²) >= 11 is 0. The average molecular weight is 612 g/mol. The van der Waals surface area contributed by atoms with E-state index in [2.05, 4.69) is 11.8 Å². The molecule has 0 amide bonds. The fourth-order valence-electron chi connectivity index (χ4n) is 5.09. The zero-order valence-electron chi connectivity index (χ0n) is 27.5. The van der Waals surface area contributed by atoms with Crippen molar-refractivity contribution in [1.82, 2.24) is 4.90 Å². The summed E-state index contributed by atoms with van der Waals surface area (Å²) in [5, 5.41) is 0. The van der Waals surface area contributed by atoms with Crippen molar-refractivity contribution >= 4 is 13.6 Å². The second-order valence-corrected chi connectivity index (χ2v) is 13.4. The minimum absolute atomic E-state index is 0.0164. The molecule has 0 radical (unpaired) electrons. The van der Waals surface area contributed by atoms with Crippen molar-refractivity contribution in [2.24, 2.45) is 5.92 Å². The van der Waals surface area contributed by atoms with Crippen molar-refractivity contribution in [1.29, 1.82) is 0 Å². The lowest BCUT2D eigenvalue weighted by Crippen LogP contribution is -2.19. The summed E-state index contributed by atoms with van der Waals surface area (Å²) in [6.07, 6.45) is 17.5. The minimum atomic E-state index is -4.24. The fraction of sp³-hybridized carbons (Fsp3) is 0.794. The molecular formula is C34H62NO6P. The molecule has 0 aliphatic carbocycles. The van der Waals surface area contributed by atoms with Gasteiger partial charge in [-0.25, -0.2) is 4.57 Å². The van der Waals surface area contributed by atoms with Crippen LogP contribution >= 0.6 is 7.82 Å². The lowest BCUT2D eigenvalue weighted by molar-refractivity contribution is -0.120. The van der Waals surface area contributed by atoms with Crippen LogP contribution in [0.5, 0.6) is 5.75 Å². The van der Waals surface area contributed by atoms with E-state index in [1.54, 1.807) is 0 Å². The zero-order chi connectivity index (χ0) is 31.1. The van der Waals surface area contributed by atoms with Crippen LogP contribution in [-0.4, -0.2) is 55.5 Å². The van der Waals surface area contributed by atoms with Crippen molar-refractivity contribution in [3.05, 3.63) is 29.8 Å². The summed E-state index contributed by atoms with van der Waals surface area (Å²) in [5.74, 6) is 0.703. The van der Waals surface area contributed by atoms with E-state index < -0.39 is 7.82 Å². The highest BCUT2D eigenvalue weighted by atomic mass is 31.2. The first kappa shape index (κ1) is 38.8. The van der Waals surface area contributed by atoms with E-state index in [0.717, 1.165) is 30.7 Å². The number of nitrogens with zero attached hydrogens (tertiary/aromatic N) is 1. The van der Waals surface area contributed by atoms with E-state index in [1.165, 1.54) is 64.2 Å². The Labute approximate surface area is 257 Å². The highest BCUT2D eigenvalue weighted by molar-refractivity contribution is 7.47. The van der Waals surface area contributed by atoms with Crippen LogP contribution in [0.25, 0.3) is 0 Å². The highest BCUT2D eigenvalue weighted by Gasteiger charge is 2.28. The van der Waals surface area contributed by atoms with E-state index in [4.69, 9.17) is 13.8 Å². The van der Waals surface area contributed by atoms with Crippen LogP contribution in [0.3, 0.4) is 0 Å². The molecule has 8 heteroatoms. The molecular weight excluding hydrogens is 549 g/mol. The first-order valence-corrected chi connectivity index (χ1v) is 18.2. The second kappa shape index (κ2) is 24.1. The quantitative estimate of drug-likeness (QED) is 0.0747. The Morgan fingerprint density at radius 1 is 0.929 bits per heavy atom. The number of Topliss-reactive ketones (excluding diaryl/α,β-unsaturated/α-hetero) is 1. The van der Waals surface area contributed by atoms with Crippen LogP contribution in [-0.2, 0) is 24.8 Å². The van der Waals surface area contributed by atoms with Gasteiger partial charge in [-0.05, 0) is 76.4 Å². The molecule has 1 rings (SSSR count). The summed E-state index contributed by atoms with van der Waals surface area (Å²) in [7, 11) is -0.234. The number of hydrogen-bond donors (Lipinski definition) is 1. The number of ketones is 1. The predicted octanol–water partition coefficient (Wildman–Crippen LogP) is 9.16. The minimum Gasteiger partial charge on any atom is -0.494 e. The number of ether oxygens (including phenoxy) is 1. The van der Waals surface area contributed by atoms with E-state index in [-0.39, 0.29) is 24.4 Å². The maximum Gasteiger partial charge on any atom is 0.472 e. The fourth-order valence-corrected chi connectivity index (χ4v) is 6.18. The molecule has 0 aliphatic rings. The molecule has 0 bridgehead atoms. The van der Waals surface area contributed by atoms with Crippen molar-refractivity contribution < 1.29 is 28.0 Å². The van der Waals surface area contributed by atoms with Gasteiger partial charge in [-0.1, -0.05) is 97.1 Å². The Hall–Kier alpha value is -1.24. The average Bonchev–Trinajstić information content (AvgIpc) is 2.96. The third kappa shape index (κ3) is 20.6. The first-order valence-electron chi connectivity index (χ1n) is 16.7. The van der Waals surface area contributed by atoms with Gasteiger partial charge in [0.2, 0.25) is 0 Å². The number of hydrogen-bond acceptors (Lipinski definition) is 6. The molecule has 1 aromatic carbocycles. The third-order valence-electron chi connectivity index (χ3n) is 7.69. The molecule has 0 saturated heterocycles. The van der Waals surface area contributed by atoms with Crippen LogP contribution in [0.15, 0.2) is 24.3 Å². The van der Waals surface area contributed by atoms with Crippen LogP contribution in [0, 0.1) is 5.92 Å². The van der Waals surface area contributed by atoms with Crippen LogP contribution < -0.4 is 4.74 Å². The van der Waals surface area contributed by atoms with E-state index in [9.17, 15) is 14.3 Å². The normalized spacial score (nSPS) is 14.5. The Kier molecular flexibility index (Phi) is 22.3. The van der Waals surface area contributed by atoms with Crippen molar-refractivity contribution in [3.63, 3.8) is 0 Å². The highest BCUT2D eigenvalue weighted by Crippen LogP contribution is 2.46. The molecule has 0 heterocycles. The summed E-state index contributed by atoms with van der Waals surface area (Å²) in [6.45, 7) is 7.60. The number of rotatable bonds is 28. The number of carbonyl (C=O) groups excluding carboxylic acids is 1. The molecule has 3 atom stereocenters. The van der Waals surface area contributed by atoms with Gasteiger partial charge in [0.25, 0.3) is 0 Å². The van der Waals surface area contributed by atoms with E-state index in [0.29, 0.717) is 38.7 Å². The van der Waals surface area contributed by atoms with Crippen LogP contribution in [0.4, 0.5) is 0 Å². The van der Waals surface area contributed by atoms with Gasteiger partial charge in [-0.15, -0.1) is 0 Å². The van der Waals surface area contributed by atoms with E-state index in [1.807, 2.05) is 52.2 Å². The maximum atomic E-state index is 12.7. The van der Waals surface area contributed by atoms with Crippen molar-refractivity contribution in [2.75, 3.05) is 33.9 Å². The van der Waals surface area contributed by atoms with E-state index >= 15 is 0 Å². The summed E-state index contributed by atoms with van der Waals surface area (Å²) < 4.78 is 29.7. The molecule has 42 heavy (non-hydrogen) atoms. The molecule has 0 fully saturated rings. The first-order chi connectivity index (χ1) is 20.2. The SMILES string of the molecule is CCCCCCCCCCCCCOc1cccc(CC(COP(=O)(O)OC(CC)CCCN(C)C)CC(=O)CC)c1. The van der Waals surface area contributed by atoms with Gasteiger partial charge in [-0.3, -0.25) is 13.8 Å². The van der Waals surface area contributed by atoms with Crippen molar-refractivity contribution in [3.8, 4) is 5.75 Å². The topological polar surface area (TPSA) is 85.3 Å². The van der Waals surface area contributed by atoms with Gasteiger partial charge in [0.05, 0.1) is 19.3 Å². The Morgan fingerprint density at radius 2 is 1.57 bits per heavy atom. The van der Waals surface area contributed by atoms with Gasteiger partial charge in [0.1, 0.15) is 11.5 Å². The summed E-state index contributed by atoms with van der Waals surface area (Å²) in [5.41, 5.74) is 1.02.